The summed E-state index contributed by atoms with van der Waals surface area (Å²) in [6, 6.07) is -5.27. The number of carbonyl (C=O) groups is 5. The molecular formula is C19H31N7O7. The minimum absolute atomic E-state index is 0.0781. The van der Waals surface area contributed by atoms with E-state index in [4.69, 9.17) is 11.5 Å². The fraction of sp³-hybridized carbons (Fsp3) is 0.579. The minimum Gasteiger partial charge on any atom is -0.480 e. The van der Waals surface area contributed by atoms with E-state index < -0.39 is 72.7 Å². The van der Waals surface area contributed by atoms with Crippen LogP contribution in [0.1, 0.15) is 32.4 Å². The van der Waals surface area contributed by atoms with E-state index in [1.807, 2.05) is 0 Å². The second-order valence-corrected chi connectivity index (χ2v) is 7.57. The number of hydrogen-bond acceptors (Lipinski definition) is 8. The van der Waals surface area contributed by atoms with Gasteiger partial charge >= 0.3 is 5.97 Å². The van der Waals surface area contributed by atoms with Crippen molar-refractivity contribution < 1.29 is 34.2 Å². The fourth-order valence-electron chi connectivity index (χ4n) is 2.82. The Kier molecular flexibility index (Phi) is 10.9. The van der Waals surface area contributed by atoms with Gasteiger partial charge in [-0.1, -0.05) is 20.3 Å². The molecule has 0 aliphatic rings. The Labute approximate surface area is 189 Å². The number of amides is 4. The molecule has 5 atom stereocenters. The van der Waals surface area contributed by atoms with Crippen molar-refractivity contribution in [3.05, 3.63) is 18.2 Å². The number of aliphatic hydroxyl groups excluding tert-OH is 1. The number of aliphatic hydroxyl groups is 1. The van der Waals surface area contributed by atoms with Crippen molar-refractivity contribution in [2.45, 2.75) is 57.3 Å². The van der Waals surface area contributed by atoms with Gasteiger partial charge in [-0.15, -0.1) is 0 Å². The standard InChI is InChI=1S/C19H31N7O7/c1-3-9(2)15(19(32)33)26-18(31)13(7-27)25-17(30)12(4-10-6-22-8-23-10)24-16(29)11(20)5-14(21)28/h6,8-9,11-13,15,27H,3-5,7,20H2,1-2H3,(H2,21,28)(H,22,23)(H,24,29)(H,25,30)(H,26,31)(H,32,33). The van der Waals surface area contributed by atoms with Gasteiger partial charge in [0.2, 0.25) is 23.6 Å². The normalized spacial score (nSPS) is 15.4. The van der Waals surface area contributed by atoms with E-state index in [1.54, 1.807) is 13.8 Å². The van der Waals surface area contributed by atoms with Crippen LogP contribution in [-0.4, -0.2) is 80.6 Å². The van der Waals surface area contributed by atoms with E-state index in [-0.39, 0.29) is 6.42 Å². The smallest absolute Gasteiger partial charge is 0.326 e. The Morgan fingerprint density at radius 2 is 1.70 bits per heavy atom. The van der Waals surface area contributed by atoms with Gasteiger partial charge in [0.25, 0.3) is 0 Å². The summed E-state index contributed by atoms with van der Waals surface area (Å²) in [5, 5.41) is 25.9. The van der Waals surface area contributed by atoms with Gasteiger partial charge in [0.1, 0.15) is 18.1 Å². The van der Waals surface area contributed by atoms with Gasteiger partial charge in [-0.2, -0.15) is 0 Å². The van der Waals surface area contributed by atoms with E-state index >= 15 is 0 Å². The van der Waals surface area contributed by atoms with Crippen LogP contribution in [0, 0.1) is 5.92 Å². The maximum atomic E-state index is 12.8. The van der Waals surface area contributed by atoms with Crippen LogP contribution in [0.25, 0.3) is 0 Å². The van der Waals surface area contributed by atoms with Crippen molar-refractivity contribution in [2.75, 3.05) is 6.61 Å². The predicted octanol–water partition coefficient (Wildman–Crippen LogP) is -3.27. The highest BCUT2D eigenvalue weighted by molar-refractivity contribution is 5.95. The molecule has 1 rings (SSSR count). The number of hydrogen-bond donors (Lipinski definition) is 8. The molecule has 14 heteroatoms. The summed E-state index contributed by atoms with van der Waals surface area (Å²) in [7, 11) is 0. The first-order chi connectivity index (χ1) is 15.5. The SMILES string of the molecule is CCC(C)C(NC(=O)C(CO)NC(=O)C(Cc1cnc[nH]1)NC(=O)C(N)CC(N)=O)C(=O)O. The van der Waals surface area contributed by atoms with E-state index in [9.17, 15) is 34.2 Å². The number of nitrogens with zero attached hydrogens (tertiary/aromatic N) is 1. The summed E-state index contributed by atoms with van der Waals surface area (Å²) in [5.41, 5.74) is 11.1. The van der Waals surface area contributed by atoms with Crippen LogP contribution in [0.2, 0.25) is 0 Å². The van der Waals surface area contributed by atoms with E-state index in [1.165, 1.54) is 12.5 Å². The van der Waals surface area contributed by atoms with E-state index in [0.717, 1.165) is 0 Å². The lowest BCUT2D eigenvalue weighted by atomic mass is 9.99. The molecule has 0 saturated heterocycles. The molecule has 33 heavy (non-hydrogen) atoms. The summed E-state index contributed by atoms with van der Waals surface area (Å²) in [5.74, 6) is -5.06. The number of imidazole rings is 1. The van der Waals surface area contributed by atoms with E-state index in [0.29, 0.717) is 12.1 Å². The summed E-state index contributed by atoms with van der Waals surface area (Å²) < 4.78 is 0. The van der Waals surface area contributed by atoms with Crippen molar-refractivity contribution in [1.82, 2.24) is 25.9 Å². The average Bonchev–Trinajstić information content (AvgIpc) is 3.26. The van der Waals surface area contributed by atoms with Gasteiger partial charge < -0.3 is 42.6 Å². The van der Waals surface area contributed by atoms with E-state index in [2.05, 4.69) is 25.9 Å². The number of nitrogens with one attached hydrogen (secondary N) is 4. The summed E-state index contributed by atoms with van der Waals surface area (Å²) in [6.45, 7) is 2.57. The first-order valence-corrected chi connectivity index (χ1v) is 10.3. The Morgan fingerprint density at radius 3 is 2.18 bits per heavy atom. The molecule has 4 amide bonds. The van der Waals surface area contributed by atoms with Gasteiger partial charge in [0.15, 0.2) is 0 Å². The number of primary amides is 1. The lowest BCUT2D eigenvalue weighted by molar-refractivity contribution is -0.144. The van der Waals surface area contributed by atoms with Crippen LogP contribution in [0.15, 0.2) is 12.5 Å². The number of carbonyl (C=O) groups excluding carboxylic acids is 4. The highest BCUT2D eigenvalue weighted by Crippen LogP contribution is 2.08. The third-order valence-corrected chi connectivity index (χ3v) is 4.96. The zero-order valence-electron chi connectivity index (χ0n) is 18.4. The molecule has 0 fully saturated rings. The second kappa shape index (κ2) is 13.1. The van der Waals surface area contributed by atoms with Crippen LogP contribution in [-0.2, 0) is 30.4 Å². The molecule has 0 bridgehead atoms. The quantitative estimate of drug-likeness (QED) is 0.136. The molecule has 0 spiro atoms. The molecule has 0 aliphatic carbocycles. The van der Waals surface area contributed by atoms with Gasteiger partial charge in [-0.3, -0.25) is 19.2 Å². The lowest BCUT2D eigenvalue weighted by Gasteiger charge is -2.25. The molecule has 0 radical (unpaired) electrons. The van der Waals surface area contributed by atoms with Gasteiger partial charge in [0, 0.05) is 18.3 Å². The van der Waals surface area contributed by atoms with Crippen LogP contribution in [0.5, 0.6) is 0 Å². The zero-order valence-corrected chi connectivity index (χ0v) is 18.4. The number of aromatic amines is 1. The minimum atomic E-state index is -1.48. The summed E-state index contributed by atoms with van der Waals surface area (Å²) >= 11 is 0. The van der Waals surface area contributed by atoms with Crippen molar-refractivity contribution in [2.24, 2.45) is 17.4 Å². The number of nitrogens with two attached hydrogens (primary N) is 2. The first kappa shape index (κ1) is 27.5. The molecule has 5 unspecified atom stereocenters. The topological polar surface area (TPSA) is 243 Å². The number of carboxylic acid groups (broad SMARTS) is 1. The Bertz CT molecular complexity index is 830. The van der Waals surface area contributed by atoms with Crippen molar-refractivity contribution in [3.63, 3.8) is 0 Å². The Balaban J connectivity index is 2.95. The molecule has 0 aliphatic heterocycles. The maximum absolute atomic E-state index is 12.8. The van der Waals surface area contributed by atoms with Gasteiger partial charge in [-0.25, -0.2) is 9.78 Å². The average molecular weight is 469 g/mol. The van der Waals surface area contributed by atoms with Crippen LogP contribution in [0.3, 0.4) is 0 Å². The molecule has 1 aromatic heterocycles. The highest BCUT2D eigenvalue weighted by Gasteiger charge is 2.32. The molecule has 1 heterocycles. The molecule has 1 aromatic rings. The molecular weight excluding hydrogens is 438 g/mol. The molecule has 0 saturated carbocycles. The highest BCUT2D eigenvalue weighted by atomic mass is 16.4. The van der Waals surface area contributed by atoms with Crippen molar-refractivity contribution in [3.8, 4) is 0 Å². The number of rotatable bonds is 14. The second-order valence-electron chi connectivity index (χ2n) is 7.57. The van der Waals surface area contributed by atoms with Crippen molar-refractivity contribution in [1.29, 1.82) is 0 Å². The number of aliphatic carboxylic acids is 1. The monoisotopic (exact) mass is 469 g/mol. The molecule has 14 nitrogen and oxygen atoms in total. The maximum Gasteiger partial charge on any atom is 0.326 e. The molecule has 0 aromatic carbocycles. The summed E-state index contributed by atoms with van der Waals surface area (Å²) in [6.07, 6.45) is 2.71. The first-order valence-electron chi connectivity index (χ1n) is 10.3. The summed E-state index contributed by atoms with van der Waals surface area (Å²) in [4.78, 5) is 66.7. The Hall–Kier alpha value is -3.52. The Morgan fingerprint density at radius 1 is 1.09 bits per heavy atom. The largest absolute Gasteiger partial charge is 0.480 e. The third-order valence-electron chi connectivity index (χ3n) is 4.96. The fourth-order valence-corrected chi connectivity index (χ4v) is 2.82. The number of H-pyrrole nitrogens is 1. The van der Waals surface area contributed by atoms with Crippen LogP contribution in [0.4, 0.5) is 0 Å². The number of aromatic nitrogens is 2. The molecule has 10 N–H and O–H groups in total. The predicted molar refractivity (Wildman–Crippen MR) is 114 cm³/mol. The van der Waals surface area contributed by atoms with Gasteiger partial charge in [-0.05, 0) is 5.92 Å². The van der Waals surface area contributed by atoms with Crippen molar-refractivity contribution >= 4 is 29.6 Å². The third kappa shape index (κ3) is 8.86. The van der Waals surface area contributed by atoms with Gasteiger partial charge in [0.05, 0.1) is 25.4 Å². The molecule has 184 valence electrons. The van der Waals surface area contributed by atoms with Crippen LogP contribution < -0.4 is 27.4 Å². The zero-order chi connectivity index (χ0) is 25.1. The number of carboxylic acids is 1. The lowest BCUT2D eigenvalue weighted by Crippen LogP contribution is -2.59. The van der Waals surface area contributed by atoms with Crippen LogP contribution >= 0.6 is 0 Å².